The van der Waals surface area contributed by atoms with Crippen LogP contribution < -0.4 is 5.32 Å². The number of halogens is 1. The summed E-state index contributed by atoms with van der Waals surface area (Å²) in [7, 11) is 0. The van der Waals surface area contributed by atoms with Crippen molar-refractivity contribution in [2.45, 2.75) is 26.3 Å². The second-order valence-electron chi connectivity index (χ2n) is 7.04. The topological polar surface area (TPSA) is 75.4 Å². The summed E-state index contributed by atoms with van der Waals surface area (Å²) in [6.07, 6.45) is 1.94. The van der Waals surface area contributed by atoms with Gasteiger partial charge in [0, 0.05) is 18.8 Å². The van der Waals surface area contributed by atoms with Gasteiger partial charge in [-0.3, -0.25) is 9.59 Å². The van der Waals surface area contributed by atoms with E-state index in [-0.39, 0.29) is 24.0 Å². The number of anilines is 1. The Labute approximate surface area is 167 Å². The van der Waals surface area contributed by atoms with Crippen molar-refractivity contribution in [1.29, 1.82) is 0 Å². The van der Waals surface area contributed by atoms with Crippen molar-refractivity contribution >= 4 is 17.5 Å². The Balaban J connectivity index is 1.46. The summed E-state index contributed by atoms with van der Waals surface area (Å²) in [6.45, 7) is 2.74. The molecule has 148 valence electrons. The van der Waals surface area contributed by atoms with Crippen molar-refractivity contribution in [3.8, 4) is 0 Å². The number of hydrogen-bond donors (Lipinski definition) is 1. The van der Waals surface area contributed by atoms with E-state index in [0.29, 0.717) is 30.0 Å². The molecule has 2 heterocycles. The number of amides is 2. The summed E-state index contributed by atoms with van der Waals surface area (Å²) in [5.41, 5.74) is 3.63. The lowest BCUT2D eigenvalue weighted by Gasteiger charge is -2.28. The molecule has 0 bridgehead atoms. The van der Waals surface area contributed by atoms with Crippen molar-refractivity contribution in [3.05, 3.63) is 82.8 Å². The molecule has 1 aliphatic heterocycles. The zero-order chi connectivity index (χ0) is 20.4. The Morgan fingerprint density at radius 2 is 2.03 bits per heavy atom. The van der Waals surface area contributed by atoms with Gasteiger partial charge < -0.3 is 14.6 Å². The van der Waals surface area contributed by atoms with E-state index in [9.17, 15) is 14.0 Å². The highest BCUT2D eigenvalue weighted by molar-refractivity contribution is 5.93. The molecule has 0 atom stereocenters. The molecule has 1 aliphatic rings. The van der Waals surface area contributed by atoms with Crippen LogP contribution in [0.5, 0.6) is 0 Å². The fourth-order valence-corrected chi connectivity index (χ4v) is 3.48. The molecular formula is C22H20FN3O3. The zero-order valence-electron chi connectivity index (χ0n) is 15.9. The highest BCUT2D eigenvalue weighted by atomic mass is 19.1. The van der Waals surface area contributed by atoms with Gasteiger partial charge in [-0.25, -0.2) is 9.37 Å². The molecule has 0 saturated heterocycles. The maximum Gasteiger partial charge on any atom is 0.291 e. The average molecular weight is 393 g/mol. The van der Waals surface area contributed by atoms with Crippen LogP contribution in [0.3, 0.4) is 0 Å². The van der Waals surface area contributed by atoms with Crippen molar-refractivity contribution in [2.75, 3.05) is 11.9 Å². The molecule has 0 spiro atoms. The van der Waals surface area contributed by atoms with Crippen molar-refractivity contribution in [1.82, 2.24) is 9.88 Å². The fraction of sp³-hybridized carbons (Fsp3) is 0.227. The van der Waals surface area contributed by atoms with Gasteiger partial charge in [-0.05, 0) is 48.2 Å². The molecule has 0 aliphatic carbocycles. The van der Waals surface area contributed by atoms with E-state index >= 15 is 0 Å². The summed E-state index contributed by atoms with van der Waals surface area (Å²) >= 11 is 0. The number of benzene rings is 2. The Kier molecular flexibility index (Phi) is 5.12. The lowest BCUT2D eigenvalue weighted by atomic mass is 9.98. The minimum absolute atomic E-state index is 0.0425. The molecule has 0 saturated carbocycles. The number of oxazole rings is 1. The van der Waals surface area contributed by atoms with Crippen LogP contribution in [0.15, 0.2) is 53.3 Å². The number of fused-ring (bicyclic) bond motifs is 1. The number of carbonyl (C=O) groups is 2. The second-order valence-corrected chi connectivity index (χ2v) is 7.04. The molecule has 0 fully saturated rings. The van der Waals surface area contributed by atoms with Crippen LogP contribution in [0.4, 0.5) is 10.1 Å². The number of nitrogens with zero attached hydrogens (tertiary/aromatic N) is 2. The lowest BCUT2D eigenvalue weighted by Crippen LogP contribution is -2.36. The summed E-state index contributed by atoms with van der Waals surface area (Å²) in [5.74, 6) is -0.636. The highest BCUT2D eigenvalue weighted by Gasteiger charge is 2.25. The van der Waals surface area contributed by atoms with Crippen molar-refractivity contribution in [3.63, 3.8) is 0 Å². The molecule has 0 radical (unpaired) electrons. The maximum absolute atomic E-state index is 13.7. The van der Waals surface area contributed by atoms with Gasteiger partial charge in [0.05, 0.1) is 12.1 Å². The molecule has 1 N–H and O–H groups in total. The van der Waals surface area contributed by atoms with Crippen LogP contribution in [-0.4, -0.2) is 28.2 Å². The minimum atomic E-state index is -0.398. The summed E-state index contributed by atoms with van der Waals surface area (Å²) in [5, 5.41) is 2.81. The van der Waals surface area contributed by atoms with Crippen LogP contribution in [0.25, 0.3) is 0 Å². The van der Waals surface area contributed by atoms with Crippen LogP contribution in [0.2, 0.25) is 0 Å². The molecular weight excluding hydrogens is 373 g/mol. The number of nitrogens with one attached hydrogen (secondary N) is 1. The predicted molar refractivity (Wildman–Crippen MR) is 105 cm³/mol. The summed E-state index contributed by atoms with van der Waals surface area (Å²) in [6, 6.07) is 11.9. The summed E-state index contributed by atoms with van der Waals surface area (Å²) < 4.78 is 19.0. The highest BCUT2D eigenvalue weighted by Crippen LogP contribution is 2.24. The number of aryl methyl sites for hydroxylation is 1. The first-order valence-electron chi connectivity index (χ1n) is 9.35. The third-order valence-electron chi connectivity index (χ3n) is 5.04. The SMILES string of the molecule is Cc1ncoc1C(=O)N1CCc2ccc(NC(=O)Cc3ccccc3F)cc2C1. The fourth-order valence-electron chi connectivity index (χ4n) is 3.48. The first-order valence-corrected chi connectivity index (χ1v) is 9.35. The third kappa shape index (κ3) is 4.03. The Morgan fingerprint density at radius 3 is 2.79 bits per heavy atom. The zero-order valence-corrected chi connectivity index (χ0v) is 15.9. The number of hydrogen-bond acceptors (Lipinski definition) is 4. The summed E-state index contributed by atoms with van der Waals surface area (Å²) in [4.78, 5) is 30.7. The number of aromatic nitrogens is 1. The first kappa shape index (κ1) is 18.9. The van der Waals surface area contributed by atoms with Gasteiger partial charge in [-0.1, -0.05) is 24.3 Å². The molecule has 6 nitrogen and oxygen atoms in total. The monoisotopic (exact) mass is 393 g/mol. The third-order valence-corrected chi connectivity index (χ3v) is 5.04. The van der Waals surface area contributed by atoms with Crippen molar-refractivity contribution < 1.29 is 18.4 Å². The van der Waals surface area contributed by atoms with E-state index in [2.05, 4.69) is 10.3 Å². The van der Waals surface area contributed by atoms with Gasteiger partial charge in [-0.15, -0.1) is 0 Å². The van der Waals surface area contributed by atoms with Crippen LogP contribution >= 0.6 is 0 Å². The van der Waals surface area contributed by atoms with Gasteiger partial charge in [0.15, 0.2) is 6.39 Å². The molecule has 1 aromatic heterocycles. The van der Waals surface area contributed by atoms with E-state index in [1.807, 2.05) is 18.2 Å². The average Bonchev–Trinajstić information content (AvgIpc) is 3.14. The molecule has 4 rings (SSSR count). The van der Waals surface area contributed by atoms with Gasteiger partial charge in [-0.2, -0.15) is 0 Å². The lowest BCUT2D eigenvalue weighted by molar-refractivity contribution is -0.115. The van der Waals surface area contributed by atoms with Crippen LogP contribution in [0.1, 0.15) is 32.9 Å². The number of rotatable bonds is 4. The Morgan fingerprint density at radius 1 is 1.21 bits per heavy atom. The standard InChI is InChI=1S/C22H20FN3O3/c1-14-21(29-13-24-14)22(28)26-9-8-15-6-7-18(10-17(15)12-26)25-20(27)11-16-4-2-3-5-19(16)23/h2-7,10,13H,8-9,11-12H2,1H3,(H,25,27). The second kappa shape index (κ2) is 7.87. The van der Waals surface area contributed by atoms with E-state index in [1.165, 1.54) is 12.5 Å². The first-order chi connectivity index (χ1) is 14.0. The van der Waals surface area contributed by atoms with Crippen LogP contribution in [-0.2, 0) is 24.2 Å². The van der Waals surface area contributed by atoms with Gasteiger partial charge >= 0.3 is 0 Å². The van der Waals surface area contributed by atoms with E-state index < -0.39 is 5.82 Å². The molecule has 29 heavy (non-hydrogen) atoms. The molecule has 3 aromatic rings. The van der Waals surface area contributed by atoms with Gasteiger partial charge in [0.25, 0.3) is 5.91 Å². The minimum Gasteiger partial charge on any atom is -0.438 e. The normalized spacial score (nSPS) is 13.1. The molecule has 2 amide bonds. The van der Waals surface area contributed by atoms with Crippen LogP contribution in [0, 0.1) is 12.7 Å². The quantitative estimate of drug-likeness (QED) is 0.736. The van der Waals surface area contributed by atoms with Crippen molar-refractivity contribution in [2.24, 2.45) is 0 Å². The Bertz CT molecular complexity index is 1080. The Hall–Kier alpha value is -3.48. The maximum atomic E-state index is 13.7. The van der Waals surface area contributed by atoms with Gasteiger partial charge in [0.1, 0.15) is 5.82 Å². The molecule has 2 aromatic carbocycles. The predicted octanol–water partition coefficient (Wildman–Crippen LogP) is 3.50. The smallest absolute Gasteiger partial charge is 0.291 e. The van der Waals surface area contributed by atoms with E-state index in [1.54, 1.807) is 30.0 Å². The number of carbonyl (C=O) groups excluding carboxylic acids is 2. The van der Waals surface area contributed by atoms with Gasteiger partial charge in [0.2, 0.25) is 11.7 Å². The molecule has 0 unspecified atom stereocenters. The largest absolute Gasteiger partial charge is 0.438 e. The van der Waals surface area contributed by atoms with E-state index in [4.69, 9.17) is 4.42 Å². The molecule has 7 heteroatoms. The van der Waals surface area contributed by atoms with E-state index in [0.717, 1.165) is 17.5 Å².